The van der Waals surface area contributed by atoms with Crippen LogP contribution in [0.4, 0.5) is 0 Å². The van der Waals surface area contributed by atoms with Crippen LogP contribution in [0.2, 0.25) is 5.02 Å². The Labute approximate surface area is 173 Å². The normalized spacial score (nSPS) is 17.7. The number of hydrogen-bond donors (Lipinski definition) is 0. The second kappa shape index (κ2) is 8.46. The highest BCUT2D eigenvalue weighted by atomic mass is 35.5. The van der Waals surface area contributed by atoms with E-state index in [1.54, 1.807) is 7.11 Å². The first-order valence-electron chi connectivity index (χ1n) is 9.56. The van der Waals surface area contributed by atoms with Crippen LogP contribution >= 0.6 is 11.6 Å². The van der Waals surface area contributed by atoms with E-state index in [4.69, 9.17) is 30.4 Å². The maximum absolute atomic E-state index is 6.25. The molecule has 150 valence electrons. The smallest absolute Gasteiger partial charge is 0.495 e. The summed E-state index contributed by atoms with van der Waals surface area (Å²) in [6, 6.07) is 13.8. The van der Waals surface area contributed by atoms with Crippen LogP contribution in [0.1, 0.15) is 38.8 Å². The minimum absolute atomic E-state index is 0.387. The quantitative estimate of drug-likeness (QED) is 0.508. The van der Waals surface area contributed by atoms with Gasteiger partial charge in [0.2, 0.25) is 0 Å². The van der Waals surface area contributed by atoms with E-state index >= 15 is 0 Å². The van der Waals surface area contributed by atoms with Gasteiger partial charge in [-0.25, -0.2) is 0 Å². The van der Waals surface area contributed by atoms with Crippen molar-refractivity contribution in [2.75, 3.05) is 13.7 Å². The van der Waals surface area contributed by atoms with Crippen LogP contribution in [-0.4, -0.2) is 32.0 Å². The Morgan fingerprint density at radius 3 is 2.21 bits per heavy atom. The van der Waals surface area contributed by atoms with E-state index in [2.05, 4.69) is 27.7 Å². The van der Waals surface area contributed by atoms with Crippen molar-refractivity contribution < 1.29 is 18.8 Å². The summed E-state index contributed by atoms with van der Waals surface area (Å²) in [5, 5.41) is 0.674. The van der Waals surface area contributed by atoms with Gasteiger partial charge in [-0.05, 0) is 75.0 Å². The summed E-state index contributed by atoms with van der Waals surface area (Å²) in [5.74, 6) is 0.844. The van der Waals surface area contributed by atoms with Crippen molar-refractivity contribution in [3.63, 3.8) is 0 Å². The fourth-order valence-electron chi connectivity index (χ4n) is 3.08. The predicted molar refractivity (Wildman–Crippen MR) is 114 cm³/mol. The Kier molecular flexibility index (Phi) is 6.40. The molecule has 0 unspecified atom stereocenters. The first-order valence-corrected chi connectivity index (χ1v) is 9.94. The second-order valence-corrected chi connectivity index (χ2v) is 8.52. The van der Waals surface area contributed by atoms with E-state index in [9.17, 15) is 0 Å². The molecule has 1 aliphatic rings. The third kappa shape index (κ3) is 4.72. The number of hydrogen-bond acceptors (Lipinski definition) is 4. The minimum atomic E-state index is -0.430. The van der Waals surface area contributed by atoms with Crippen molar-refractivity contribution in [3.05, 3.63) is 58.6 Å². The molecule has 2 aromatic rings. The van der Waals surface area contributed by atoms with Gasteiger partial charge in [-0.3, -0.25) is 0 Å². The number of ether oxygens (including phenoxy) is 2. The molecule has 0 radical (unpaired) electrons. The molecule has 0 atom stereocenters. The van der Waals surface area contributed by atoms with Gasteiger partial charge in [0.15, 0.2) is 0 Å². The van der Waals surface area contributed by atoms with Gasteiger partial charge in [0.25, 0.3) is 0 Å². The zero-order valence-electron chi connectivity index (χ0n) is 17.3. The Morgan fingerprint density at radius 1 is 0.964 bits per heavy atom. The van der Waals surface area contributed by atoms with Gasteiger partial charge < -0.3 is 18.8 Å². The molecule has 2 aromatic carbocycles. The lowest BCUT2D eigenvalue weighted by atomic mass is 9.75. The molecule has 0 aliphatic carbocycles. The fourth-order valence-corrected chi connectivity index (χ4v) is 3.26. The summed E-state index contributed by atoms with van der Waals surface area (Å²) < 4.78 is 23.5. The highest BCUT2D eigenvalue weighted by Crippen LogP contribution is 2.36. The van der Waals surface area contributed by atoms with E-state index in [0.717, 1.165) is 28.8 Å². The minimum Gasteiger partial charge on any atom is -0.497 e. The maximum Gasteiger partial charge on any atom is 0.495 e. The van der Waals surface area contributed by atoms with Crippen LogP contribution in [0.3, 0.4) is 0 Å². The summed E-state index contributed by atoms with van der Waals surface area (Å²) in [6.45, 7) is 9.36. The third-order valence-electron chi connectivity index (χ3n) is 5.56. The van der Waals surface area contributed by atoms with Gasteiger partial charge >= 0.3 is 7.12 Å². The van der Waals surface area contributed by atoms with Crippen molar-refractivity contribution in [2.24, 2.45) is 0 Å². The average Bonchev–Trinajstić information content (AvgIpc) is 2.87. The predicted octanol–water partition coefficient (Wildman–Crippen LogP) is 4.41. The number of methoxy groups -OCH3 is 1. The first kappa shape index (κ1) is 21.2. The highest BCUT2D eigenvalue weighted by Gasteiger charge is 2.52. The molecule has 0 amide bonds. The SMILES string of the molecule is COc1ccc(COCCc2ccc(Cl)cc2B2OC(C)(C)C(C)(C)O2)cc1. The molecular formula is C22H28BClO4. The number of rotatable bonds is 7. The van der Waals surface area contributed by atoms with Crippen molar-refractivity contribution in [1.29, 1.82) is 0 Å². The summed E-state index contributed by atoms with van der Waals surface area (Å²) in [7, 11) is 1.23. The standard InChI is InChI=1S/C22H28BClO4/c1-21(2)22(3,4)28-23(27-21)20-14-18(24)9-8-17(20)12-13-26-15-16-6-10-19(25-5)11-7-16/h6-11,14H,12-13,15H2,1-5H3. The number of benzene rings is 2. The monoisotopic (exact) mass is 402 g/mol. The highest BCUT2D eigenvalue weighted by molar-refractivity contribution is 6.63. The average molecular weight is 403 g/mol. The molecule has 1 saturated heterocycles. The molecule has 1 fully saturated rings. The van der Waals surface area contributed by atoms with Gasteiger partial charge in [-0.2, -0.15) is 0 Å². The largest absolute Gasteiger partial charge is 0.497 e. The third-order valence-corrected chi connectivity index (χ3v) is 5.79. The maximum atomic E-state index is 6.25. The van der Waals surface area contributed by atoms with E-state index in [1.807, 2.05) is 42.5 Å². The summed E-state index contributed by atoms with van der Waals surface area (Å²) in [4.78, 5) is 0. The Morgan fingerprint density at radius 2 is 1.61 bits per heavy atom. The van der Waals surface area contributed by atoms with Crippen LogP contribution in [0.5, 0.6) is 5.75 Å². The Bertz CT molecular complexity index is 789. The van der Waals surface area contributed by atoms with E-state index in [1.165, 1.54) is 0 Å². The van der Waals surface area contributed by atoms with Crippen LogP contribution < -0.4 is 10.2 Å². The molecule has 1 heterocycles. The molecular weight excluding hydrogens is 375 g/mol. The van der Waals surface area contributed by atoms with Gasteiger partial charge in [-0.1, -0.05) is 29.8 Å². The molecule has 6 heteroatoms. The zero-order chi connectivity index (χ0) is 20.4. The molecule has 1 aliphatic heterocycles. The molecule has 3 rings (SSSR count). The molecule has 0 aromatic heterocycles. The Hall–Kier alpha value is -1.53. The topological polar surface area (TPSA) is 36.9 Å². The molecule has 0 saturated carbocycles. The van der Waals surface area contributed by atoms with Gasteiger partial charge in [0.05, 0.1) is 31.5 Å². The Balaban J connectivity index is 1.63. The lowest BCUT2D eigenvalue weighted by Gasteiger charge is -2.32. The van der Waals surface area contributed by atoms with E-state index in [-0.39, 0.29) is 11.2 Å². The van der Waals surface area contributed by atoms with Crippen LogP contribution in [-0.2, 0) is 27.1 Å². The molecule has 28 heavy (non-hydrogen) atoms. The van der Waals surface area contributed by atoms with E-state index in [0.29, 0.717) is 18.2 Å². The zero-order valence-corrected chi connectivity index (χ0v) is 18.0. The summed E-state index contributed by atoms with van der Waals surface area (Å²) >= 11 is 6.25. The van der Waals surface area contributed by atoms with Gasteiger partial charge in [-0.15, -0.1) is 0 Å². The van der Waals surface area contributed by atoms with Crippen LogP contribution in [0.25, 0.3) is 0 Å². The molecule has 0 spiro atoms. The molecule has 0 N–H and O–H groups in total. The van der Waals surface area contributed by atoms with Gasteiger partial charge in [0, 0.05) is 5.02 Å². The molecule has 4 nitrogen and oxygen atoms in total. The van der Waals surface area contributed by atoms with Crippen molar-refractivity contribution in [2.45, 2.75) is 51.9 Å². The second-order valence-electron chi connectivity index (χ2n) is 8.08. The van der Waals surface area contributed by atoms with Crippen molar-refractivity contribution in [1.82, 2.24) is 0 Å². The van der Waals surface area contributed by atoms with Gasteiger partial charge in [0.1, 0.15) is 5.75 Å². The van der Waals surface area contributed by atoms with Crippen molar-refractivity contribution in [3.8, 4) is 5.75 Å². The lowest BCUT2D eigenvalue weighted by Crippen LogP contribution is -2.41. The lowest BCUT2D eigenvalue weighted by molar-refractivity contribution is 0.00578. The first-order chi connectivity index (χ1) is 13.2. The van der Waals surface area contributed by atoms with E-state index < -0.39 is 7.12 Å². The summed E-state index contributed by atoms with van der Waals surface area (Å²) in [6.07, 6.45) is 0.757. The fraction of sp³-hybridized carbons (Fsp3) is 0.455. The van der Waals surface area contributed by atoms with Crippen molar-refractivity contribution >= 4 is 24.2 Å². The van der Waals surface area contributed by atoms with Crippen LogP contribution in [0, 0.1) is 0 Å². The van der Waals surface area contributed by atoms with Crippen LogP contribution in [0.15, 0.2) is 42.5 Å². The number of halogens is 1. The molecule has 0 bridgehead atoms. The summed E-state index contributed by atoms with van der Waals surface area (Å²) in [5.41, 5.74) is 2.43.